The van der Waals surface area contributed by atoms with Gasteiger partial charge in [0.05, 0.1) is 19.1 Å². The van der Waals surface area contributed by atoms with Crippen LogP contribution in [0.4, 0.5) is 0 Å². The Balaban J connectivity index is 1.36. The van der Waals surface area contributed by atoms with Crippen LogP contribution >= 0.6 is 0 Å². The van der Waals surface area contributed by atoms with E-state index in [1.54, 1.807) is 6.92 Å². The standard InChI is InChI=1S/C17H28N4O3/c1-13-16(20-24-19-13)11-17(22)18-8-7-15-12-21(9-10-23-15)14-5-3-2-4-6-14/h14-15H,2-12H2,1H3,(H,18,22). The number of ether oxygens (including phenoxy) is 1. The molecule has 7 heteroatoms. The molecule has 1 saturated heterocycles. The van der Waals surface area contributed by atoms with E-state index in [1.165, 1.54) is 32.1 Å². The first kappa shape index (κ1) is 17.4. The highest BCUT2D eigenvalue weighted by atomic mass is 16.6. The Bertz CT molecular complexity index is 528. The zero-order chi connectivity index (χ0) is 16.8. The topological polar surface area (TPSA) is 80.5 Å². The van der Waals surface area contributed by atoms with Gasteiger partial charge in [0.2, 0.25) is 5.91 Å². The number of aryl methyl sites for hydroxylation is 1. The molecule has 0 aromatic carbocycles. The molecule has 1 aromatic heterocycles. The lowest BCUT2D eigenvalue weighted by Crippen LogP contribution is -2.49. The van der Waals surface area contributed by atoms with Crippen LogP contribution in [-0.2, 0) is 16.0 Å². The molecule has 2 fully saturated rings. The summed E-state index contributed by atoms with van der Waals surface area (Å²) >= 11 is 0. The van der Waals surface area contributed by atoms with Gasteiger partial charge in [0.25, 0.3) is 0 Å². The number of rotatable bonds is 6. The molecule has 1 N–H and O–H groups in total. The molecule has 2 heterocycles. The van der Waals surface area contributed by atoms with Gasteiger partial charge >= 0.3 is 0 Å². The summed E-state index contributed by atoms with van der Waals surface area (Å²) in [6, 6.07) is 0.738. The number of aromatic nitrogens is 2. The second-order valence-corrected chi connectivity index (χ2v) is 6.89. The zero-order valence-corrected chi connectivity index (χ0v) is 14.5. The van der Waals surface area contributed by atoms with Gasteiger partial charge in [0.15, 0.2) is 0 Å². The van der Waals surface area contributed by atoms with Gasteiger partial charge in [-0.3, -0.25) is 9.69 Å². The molecule has 1 aliphatic heterocycles. The zero-order valence-electron chi connectivity index (χ0n) is 14.5. The van der Waals surface area contributed by atoms with Crippen LogP contribution in [0, 0.1) is 6.92 Å². The highest BCUT2D eigenvalue weighted by Crippen LogP contribution is 2.24. The molecule has 1 unspecified atom stereocenters. The third-order valence-corrected chi connectivity index (χ3v) is 5.12. The molecule has 0 spiro atoms. The van der Waals surface area contributed by atoms with Gasteiger partial charge in [-0.25, -0.2) is 4.63 Å². The fourth-order valence-electron chi connectivity index (χ4n) is 3.69. The van der Waals surface area contributed by atoms with Crippen molar-refractivity contribution in [2.24, 2.45) is 0 Å². The van der Waals surface area contributed by atoms with Crippen molar-refractivity contribution in [2.45, 2.75) is 64.0 Å². The Morgan fingerprint density at radius 1 is 1.29 bits per heavy atom. The summed E-state index contributed by atoms with van der Waals surface area (Å²) in [5.41, 5.74) is 1.27. The molecule has 1 aromatic rings. The number of nitrogens with one attached hydrogen (secondary N) is 1. The maximum atomic E-state index is 11.9. The molecule has 134 valence electrons. The van der Waals surface area contributed by atoms with Crippen LogP contribution in [-0.4, -0.2) is 59.5 Å². The molecular formula is C17H28N4O3. The lowest BCUT2D eigenvalue weighted by Gasteiger charge is -2.40. The molecule has 24 heavy (non-hydrogen) atoms. The van der Waals surface area contributed by atoms with Crippen LogP contribution in [0.3, 0.4) is 0 Å². The van der Waals surface area contributed by atoms with E-state index >= 15 is 0 Å². The predicted molar refractivity (Wildman–Crippen MR) is 88.6 cm³/mol. The minimum Gasteiger partial charge on any atom is -0.375 e. The van der Waals surface area contributed by atoms with Crippen LogP contribution in [0.2, 0.25) is 0 Å². The van der Waals surface area contributed by atoms with Crippen molar-refractivity contribution in [3.63, 3.8) is 0 Å². The first-order valence-electron chi connectivity index (χ1n) is 9.13. The molecule has 0 radical (unpaired) electrons. The predicted octanol–water partition coefficient (Wildman–Crippen LogP) is 1.46. The highest BCUT2D eigenvalue weighted by molar-refractivity contribution is 5.78. The lowest BCUT2D eigenvalue weighted by molar-refractivity contribution is -0.120. The van der Waals surface area contributed by atoms with E-state index in [1.807, 2.05) is 0 Å². The molecule has 1 amide bonds. The van der Waals surface area contributed by atoms with Crippen molar-refractivity contribution in [3.8, 4) is 0 Å². The summed E-state index contributed by atoms with van der Waals surface area (Å²) in [4.78, 5) is 14.5. The number of carbonyl (C=O) groups excluding carboxylic acids is 1. The van der Waals surface area contributed by atoms with E-state index in [0.717, 1.165) is 32.2 Å². The maximum Gasteiger partial charge on any atom is 0.226 e. The van der Waals surface area contributed by atoms with Crippen molar-refractivity contribution in [1.29, 1.82) is 0 Å². The third-order valence-electron chi connectivity index (χ3n) is 5.12. The van der Waals surface area contributed by atoms with Crippen molar-refractivity contribution >= 4 is 5.91 Å². The van der Waals surface area contributed by atoms with Gasteiger partial charge in [0, 0.05) is 25.7 Å². The Hall–Kier alpha value is -1.47. The monoisotopic (exact) mass is 336 g/mol. The Morgan fingerprint density at radius 2 is 2.12 bits per heavy atom. The summed E-state index contributed by atoms with van der Waals surface area (Å²) in [5.74, 6) is -0.0475. The minimum absolute atomic E-state index is 0.0475. The smallest absolute Gasteiger partial charge is 0.226 e. The van der Waals surface area contributed by atoms with Crippen molar-refractivity contribution in [3.05, 3.63) is 11.4 Å². The van der Waals surface area contributed by atoms with Crippen LogP contribution < -0.4 is 5.32 Å². The normalized spacial score (nSPS) is 23.3. The van der Waals surface area contributed by atoms with Gasteiger partial charge in [0.1, 0.15) is 11.4 Å². The largest absolute Gasteiger partial charge is 0.375 e. The first-order valence-corrected chi connectivity index (χ1v) is 9.13. The van der Waals surface area contributed by atoms with Crippen molar-refractivity contribution in [2.75, 3.05) is 26.2 Å². The fourth-order valence-corrected chi connectivity index (χ4v) is 3.69. The van der Waals surface area contributed by atoms with Gasteiger partial charge in [-0.2, -0.15) is 0 Å². The van der Waals surface area contributed by atoms with Gasteiger partial charge in [-0.1, -0.05) is 29.6 Å². The molecule has 7 nitrogen and oxygen atoms in total. The van der Waals surface area contributed by atoms with Crippen molar-refractivity contribution in [1.82, 2.24) is 20.5 Å². The average Bonchev–Trinajstić information content (AvgIpc) is 3.01. The number of hydrogen-bond acceptors (Lipinski definition) is 6. The number of amides is 1. The number of nitrogens with zero attached hydrogens (tertiary/aromatic N) is 3. The highest BCUT2D eigenvalue weighted by Gasteiger charge is 2.27. The summed E-state index contributed by atoms with van der Waals surface area (Å²) in [6.45, 7) is 5.26. The van der Waals surface area contributed by atoms with Crippen LogP contribution in [0.15, 0.2) is 4.63 Å². The molecule has 1 saturated carbocycles. The minimum atomic E-state index is -0.0475. The molecule has 1 atom stereocenters. The fraction of sp³-hybridized carbons (Fsp3) is 0.824. The van der Waals surface area contributed by atoms with E-state index < -0.39 is 0 Å². The molecule has 3 rings (SSSR count). The molecule has 0 bridgehead atoms. The Morgan fingerprint density at radius 3 is 2.88 bits per heavy atom. The van der Waals surface area contributed by atoms with Crippen LogP contribution in [0.1, 0.15) is 49.9 Å². The maximum absolute atomic E-state index is 11.9. The van der Waals surface area contributed by atoms with E-state index in [-0.39, 0.29) is 18.4 Å². The Labute approximate surface area is 143 Å². The molecule has 2 aliphatic rings. The summed E-state index contributed by atoms with van der Waals surface area (Å²) in [6.07, 6.45) is 8.05. The second-order valence-electron chi connectivity index (χ2n) is 6.89. The summed E-state index contributed by atoms with van der Waals surface area (Å²) in [5, 5.41) is 10.4. The number of hydrogen-bond donors (Lipinski definition) is 1. The first-order chi connectivity index (χ1) is 11.7. The Kier molecular flexibility index (Phi) is 6.20. The SMILES string of the molecule is Cc1nonc1CC(=O)NCCC1CN(C2CCCCC2)CCO1. The molecular weight excluding hydrogens is 308 g/mol. The van der Waals surface area contributed by atoms with E-state index in [0.29, 0.717) is 17.9 Å². The average molecular weight is 336 g/mol. The van der Waals surface area contributed by atoms with Gasteiger partial charge in [-0.05, 0) is 26.2 Å². The summed E-state index contributed by atoms with van der Waals surface area (Å²) in [7, 11) is 0. The lowest BCUT2D eigenvalue weighted by atomic mass is 9.93. The third kappa shape index (κ3) is 4.77. The number of morpholine rings is 1. The summed E-state index contributed by atoms with van der Waals surface area (Å²) < 4.78 is 10.5. The van der Waals surface area contributed by atoms with Crippen LogP contribution in [0.25, 0.3) is 0 Å². The van der Waals surface area contributed by atoms with Gasteiger partial charge in [-0.15, -0.1) is 0 Å². The van der Waals surface area contributed by atoms with E-state index in [9.17, 15) is 4.79 Å². The van der Waals surface area contributed by atoms with Crippen LogP contribution in [0.5, 0.6) is 0 Å². The van der Waals surface area contributed by atoms with E-state index in [2.05, 4.69) is 25.2 Å². The van der Waals surface area contributed by atoms with Gasteiger partial charge < -0.3 is 10.1 Å². The number of carbonyl (C=O) groups is 1. The molecule has 1 aliphatic carbocycles. The van der Waals surface area contributed by atoms with Crippen molar-refractivity contribution < 1.29 is 14.2 Å². The quantitative estimate of drug-likeness (QED) is 0.847. The second kappa shape index (κ2) is 8.58. The van der Waals surface area contributed by atoms with E-state index in [4.69, 9.17) is 4.74 Å².